The number of aliphatic carboxylic acids is 2. The molecule has 8 atom stereocenters. The number of piperazine rings is 2. The summed E-state index contributed by atoms with van der Waals surface area (Å²) in [6, 6.07) is 3.60. The zero-order chi connectivity index (χ0) is 52.7. The number of carboxylic acids is 2. The molecule has 0 aromatic heterocycles. The number of rotatable bonds is 14. The van der Waals surface area contributed by atoms with Crippen LogP contribution in [-0.4, -0.2) is 195 Å². The molecule has 0 radical (unpaired) electrons. The number of nitrogens with one attached hydrogen (secondary N) is 4. The van der Waals surface area contributed by atoms with E-state index in [1.54, 1.807) is 52.0 Å². The summed E-state index contributed by atoms with van der Waals surface area (Å²) < 4.78 is -2.65. The van der Waals surface area contributed by atoms with Gasteiger partial charge in [-0.1, -0.05) is 60.7 Å². The topological polar surface area (TPSA) is 313 Å². The van der Waals surface area contributed by atoms with E-state index in [9.17, 15) is 63.0 Å². The molecular formula is C46H54N10O14S2. The minimum Gasteiger partial charge on any atom is -0.480 e. The second kappa shape index (κ2) is 20.5. The fraction of sp³-hybridized carbons (Fsp3) is 0.478. The van der Waals surface area contributed by atoms with E-state index in [4.69, 9.17) is 0 Å². The lowest BCUT2D eigenvalue weighted by atomic mass is 9.92. The van der Waals surface area contributed by atoms with Gasteiger partial charge in [0.05, 0.1) is 0 Å². The summed E-state index contributed by atoms with van der Waals surface area (Å²) in [5.41, 5.74) is 0.400. The molecule has 0 aliphatic carbocycles. The molecule has 0 unspecified atom stereocenters. The molecule has 5 aliphatic rings. The Bertz CT molecular complexity index is 2610. The monoisotopic (exact) mass is 1030 g/mol. The molecule has 0 saturated carbocycles. The van der Waals surface area contributed by atoms with Gasteiger partial charge in [0.2, 0.25) is 23.6 Å². The molecule has 0 spiro atoms. The summed E-state index contributed by atoms with van der Waals surface area (Å²) in [5.74, 6) is -11.0. The van der Waals surface area contributed by atoms with E-state index in [1.165, 1.54) is 64.9 Å². The fourth-order valence-electron chi connectivity index (χ4n) is 9.46. The number of amides is 12. The average Bonchev–Trinajstić information content (AvgIpc) is 3.78. The van der Waals surface area contributed by atoms with Crippen LogP contribution in [0.4, 0.5) is 9.59 Å². The predicted octanol–water partition coefficient (Wildman–Crippen LogP) is -0.481. The molecule has 2 aromatic carbocycles. The van der Waals surface area contributed by atoms with E-state index in [2.05, 4.69) is 21.3 Å². The summed E-state index contributed by atoms with van der Waals surface area (Å²) in [6.45, 7) is 9.71. The lowest BCUT2D eigenvalue weighted by molar-refractivity contribution is -0.163. The van der Waals surface area contributed by atoms with E-state index in [0.29, 0.717) is 9.80 Å². The van der Waals surface area contributed by atoms with E-state index in [-0.39, 0.29) is 50.4 Å². The van der Waals surface area contributed by atoms with Crippen molar-refractivity contribution in [2.24, 2.45) is 0 Å². The summed E-state index contributed by atoms with van der Waals surface area (Å²) in [4.78, 5) is 168. The average molecular weight is 1040 g/mol. The van der Waals surface area contributed by atoms with Crippen molar-refractivity contribution in [3.8, 4) is 0 Å². The van der Waals surface area contributed by atoms with Crippen molar-refractivity contribution in [3.63, 3.8) is 0 Å². The molecule has 2 aromatic rings. The quantitative estimate of drug-likeness (QED) is 0.103. The zero-order valence-electron chi connectivity index (χ0n) is 39.9. The van der Waals surface area contributed by atoms with Gasteiger partial charge in [-0.15, -0.1) is 23.5 Å². The van der Waals surface area contributed by atoms with Crippen molar-refractivity contribution < 1.29 is 67.7 Å². The maximum atomic E-state index is 15.2. The summed E-state index contributed by atoms with van der Waals surface area (Å²) in [7, 11) is 0. The van der Waals surface area contributed by atoms with Crippen LogP contribution < -0.4 is 21.3 Å². The molecule has 384 valence electrons. The second-order valence-corrected chi connectivity index (χ2v) is 22.0. The maximum absolute atomic E-state index is 15.2. The minimum atomic E-state index is -2.06. The molecule has 72 heavy (non-hydrogen) atoms. The molecule has 12 amide bonds. The number of carbonyl (C=O) groups is 12. The van der Waals surface area contributed by atoms with E-state index in [1.807, 2.05) is 0 Å². The lowest BCUT2D eigenvalue weighted by Gasteiger charge is -2.46. The van der Waals surface area contributed by atoms with Gasteiger partial charge in [0.25, 0.3) is 0 Å². The smallest absolute Gasteiger partial charge is 0.329 e. The van der Waals surface area contributed by atoms with Crippen molar-refractivity contribution in [2.75, 3.05) is 39.3 Å². The molecule has 6 N–H and O–H groups in total. The predicted molar refractivity (Wildman–Crippen MR) is 255 cm³/mol. The first-order valence-corrected chi connectivity index (χ1v) is 24.7. The van der Waals surface area contributed by atoms with Gasteiger partial charge < -0.3 is 51.1 Å². The van der Waals surface area contributed by atoms with Crippen molar-refractivity contribution in [1.29, 1.82) is 0 Å². The van der Waals surface area contributed by atoms with Crippen molar-refractivity contribution in [1.82, 2.24) is 50.7 Å². The Labute approximate surface area is 420 Å². The number of benzene rings is 2. The highest BCUT2D eigenvalue weighted by atomic mass is 32.2. The van der Waals surface area contributed by atoms with Gasteiger partial charge in [-0.25, -0.2) is 19.2 Å². The van der Waals surface area contributed by atoms with Crippen LogP contribution >= 0.6 is 23.5 Å². The van der Waals surface area contributed by atoms with Crippen LogP contribution in [0.5, 0.6) is 0 Å². The Morgan fingerprint density at radius 1 is 0.625 bits per heavy atom. The SMILES string of the molecule is CCN1CCN(C(=O)N[C@@H](C(=O)N[C@@H]2C(=O)N3[C@@H]2SC(C)(C)[C@@H]3C(=O)N2[C@@H]([C@H](NC(=O)[C@H](NC(=O)N3CCN(CC)C(=O)C3=O)c3ccccc3)C(=O)O)SC(C)(C)[C@@H]2C(=O)O)c2ccccc2)C(=O)C1=O. The number of carboxylic acid groups (broad SMARTS) is 2. The van der Waals surface area contributed by atoms with Crippen LogP contribution in [0, 0.1) is 0 Å². The number of β-lactam (4-membered cyclic amide) rings is 1. The standard InChI is InChI=1S/C46H54N10O14S2/c1-7-51-19-21-53(37(63)35(51)61)43(69)49-25(23-15-11-9-12-16-23)31(57)47-27-33(59)55-29(45(3,4)71-39(27)55)34(60)56-30(42(67)68)46(5,6)72-40(56)28(41(65)66)48-32(58)26(24-17-13-10-14-18-24)50-44(70)54-22-20-52(8-2)36(62)38(54)64/h9-18,25-30,39-40H,7-8,19-22H2,1-6H3,(H,47,57)(H,48,58)(H,49,69)(H,50,70)(H,65,66)(H,67,68)/t25-,26-,27-,28+,29+,30+,39-,40-/m1/s1. The van der Waals surface area contributed by atoms with Gasteiger partial charge in [-0.05, 0) is 52.7 Å². The molecule has 24 nitrogen and oxygen atoms in total. The number of hydrogen-bond donors (Lipinski definition) is 6. The van der Waals surface area contributed by atoms with Crippen LogP contribution in [-0.2, 0) is 47.9 Å². The summed E-state index contributed by atoms with van der Waals surface area (Å²) in [6.07, 6.45) is 0. The summed E-state index contributed by atoms with van der Waals surface area (Å²) >= 11 is 1.87. The summed E-state index contributed by atoms with van der Waals surface area (Å²) in [5, 5.41) is 28.9. The highest BCUT2D eigenvalue weighted by molar-refractivity contribution is 8.02. The maximum Gasteiger partial charge on any atom is 0.329 e. The molecule has 5 heterocycles. The largest absolute Gasteiger partial charge is 0.480 e. The van der Waals surface area contributed by atoms with E-state index >= 15 is 4.79 Å². The van der Waals surface area contributed by atoms with Crippen LogP contribution in [0.2, 0.25) is 0 Å². The second-order valence-electron chi connectivity index (χ2n) is 18.4. The van der Waals surface area contributed by atoms with Crippen LogP contribution in [0.25, 0.3) is 0 Å². The Morgan fingerprint density at radius 3 is 1.53 bits per heavy atom. The van der Waals surface area contributed by atoms with Gasteiger partial charge in [0.15, 0.2) is 6.04 Å². The zero-order valence-corrected chi connectivity index (χ0v) is 41.6. The molecule has 5 saturated heterocycles. The van der Waals surface area contributed by atoms with Crippen molar-refractivity contribution >= 4 is 94.8 Å². The fourth-order valence-corrected chi connectivity index (χ4v) is 12.7. The molecule has 5 aliphatic heterocycles. The molecule has 26 heteroatoms. The van der Waals surface area contributed by atoms with Crippen molar-refractivity contribution in [3.05, 3.63) is 71.8 Å². The van der Waals surface area contributed by atoms with Crippen LogP contribution in [0.3, 0.4) is 0 Å². The first kappa shape index (κ1) is 52.6. The number of nitrogens with zero attached hydrogens (tertiary/aromatic N) is 6. The molecule has 7 rings (SSSR count). The third-order valence-corrected chi connectivity index (χ3v) is 16.3. The number of hydrogen-bond acceptors (Lipinski definition) is 14. The highest BCUT2D eigenvalue weighted by Crippen LogP contribution is 2.54. The van der Waals surface area contributed by atoms with Gasteiger partial charge in [0, 0.05) is 48.8 Å². The highest BCUT2D eigenvalue weighted by Gasteiger charge is 2.67. The Morgan fingerprint density at radius 2 is 1.08 bits per heavy atom. The van der Waals surface area contributed by atoms with Crippen LogP contribution in [0.1, 0.15) is 64.8 Å². The third kappa shape index (κ3) is 9.75. The molecular weight excluding hydrogens is 981 g/mol. The van der Waals surface area contributed by atoms with Gasteiger partial charge in [0.1, 0.15) is 41.0 Å². The molecule has 5 fully saturated rings. The Balaban J connectivity index is 1.13. The number of likely N-dealkylation sites (N-methyl/N-ethyl adjacent to an activating group) is 2. The number of carbonyl (C=O) groups excluding carboxylic acids is 10. The van der Waals surface area contributed by atoms with E-state index < -0.39 is 128 Å². The number of fused-ring (bicyclic) bond motifs is 1. The normalized spacial score (nSPS) is 24.7. The van der Waals surface area contributed by atoms with Gasteiger partial charge >= 0.3 is 47.6 Å². The van der Waals surface area contributed by atoms with Crippen molar-refractivity contribution in [2.45, 2.75) is 98.0 Å². The Kier molecular flexibility index (Phi) is 15.0. The third-order valence-electron chi connectivity index (χ3n) is 13.1. The number of thioether (sulfide) groups is 2. The van der Waals surface area contributed by atoms with Crippen LogP contribution in [0.15, 0.2) is 60.7 Å². The van der Waals surface area contributed by atoms with Gasteiger partial charge in [-0.3, -0.25) is 48.2 Å². The first-order valence-electron chi connectivity index (χ1n) is 22.9. The number of imide groups is 2. The lowest BCUT2D eigenvalue weighted by Crippen LogP contribution is -2.73. The molecule has 0 bridgehead atoms. The van der Waals surface area contributed by atoms with Gasteiger partial charge in [-0.2, -0.15) is 0 Å². The minimum absolute atomic E-state index is 0.0250. The number of urea groups is 2. The van der Waals surface area contributed by atoms with E-state index in [0.717, 1.165) is 28.4 Å². The first-order chi connectivity index (χ1) is 33.9. The Hall–Kier alpha value is -7.22.